The predicted octanol–water partition coefficient (Wildman–Crippen LogP) is 10.8. The monoisotopic (exact) mass is 653 g/mol. The first-order chi connectivity index (χ1) is 12.5. The molecule has 1 radical (unpaired) electrons. The number of rotatable bonds is 3. The second kappa shape index (κ2) is 21.1. The molecule has 0 aliphatic heterocycles. The molecule has 3 nitrogen and oxygen atoms in total. The van der Waals surface area contributed by atoms with E-state index in [0.29, 0.717) is 18.4 Å². The summed E-state index contributed by atoms with van der Waals surface area (Å²) in [6.07, 6.45) is 0. The molecule has 0 amide bonds. The fraction of sp³-hybridized carbons (Fsp3) is 1.00. The van der Waals surface area contributed by atoms with Crippen LogP contribution in [0.25, 0.3) is 9.96 Å². The summed E-state index contributed by atoms with van der Waals surface area (Å²) < 4.78 is 0. The summed E-state index contributed by atoms with van der Waals surface area (Å²) in [4.78, 5) is 13.0. The van der Waals surface area contributed by atoms with E-state index in [4.69, 9.17) is 20.3 Å². The zero-order valence-electron chi connectivity index (χ0n) is 23.8. The van der Waals surface area contributed by atoms with Crippen LogP contribution in [0, 0.1) is 0 Å². The number of hydrogen-bond donors (Lipinski definition) is 1. The van der Waals surface area contributed by atoms with Crippen molar-refractivity contribution in [1.29, 1.82) is 0 Å². The molecule has 0 saturated heterocycles. The van der Waals surface area contributed by atoms with Crippen LogP contribution in [0.3, 0.4) is 0 Å². The molecule has 0 bridgehead atoms. The topological polar surface area (TPSA) is 40.2 Å². The van der Waals surface area contributed by atoms with Crippen LogP contribution < -0.4 is 4.98 Å². The van der Waals surface area contributed by atoms with E-state index in [1.807, 2.05) is 0 Å². The van der Waals surface area contributed by atoms with E-state index in [0.717, 1.165) is 0 Å². The molecule has 0 aromatic rings. The zero-order valence-corrected chi connectivity index (χ0v) is 30.4. The van der Waals surface area contributed by atoms with Gasteiger partial charge in [-0.2, -0.15) is 0 Å². The van der Waals surface area contributed by atoms with Gasteiger partial charge in [-0.25, -0.2) is 0 Å². The standard InChI is InChI=1S/C7H19NSi.2C7H18NSi.2CH4.2ClH.2Co/c3*1-7(2,3)8-9(4,5)6;;;;;;/h8H,1-6H3;2*1-6H3;2*1H4;2*1H;;/q;2*-1;;;;;2*+2/p-2. The Morgan fingerprint density at radius 3 is 0.758 bits per heavy atom. The molecule has 1 N–H and O–H groups in total. The van der Waals surface area contributed by atoms with Gasteiger partial charge in [-0.3, -0.25) is 0 Å². The van der Waals surface area contributed by atoms with Crippen LogP contribution in [-0.2, 0) is 29.7 Å². The molecule has 10 heteroatoms. The normalized spacial score (nSPS) is 12.1. The first kappa shape index (κ1) is 51.7. The first-order valence-corrected chi connectivity index (χ1v) is 23.9. The van der Waals surface area contributed by atoms with Gasteiger partial charge in [-0.05, 0) is 20.8 Å². The van der Waals surface area contributed by atoms with Crippen molar-refractivity contribution in [3.8, 4) is 0 Å². The van der Waals surface area contributed by atoms with Crippen LogP contribution in [-0.4, -0.2) is 41.3 Å². The van der Waals surface area contributed by atoms with Crippen molar-refractivity contribution in [1.82, 2.24) is 4.98 Å². The molecular formula is C23H63Cl2Co2N3Si3. The first-order valence-electron chi connectivity index (χ1n) is 10.6. The molecule has 0 atom stereocenters. The minimum atomic E-state index is -1.17. The van der Waals surface area contributed by atoms with Crippen molar-refractivity contribution < 1.29 is 29.7 Å². The second-order valence-corrected chi connectivity index (χ2v) is 29.2. The Kier molecular flexibility index (Phi) is 33.1. The minimum Gasteiger partial charge on any atom is 2.00 e. The summed E-state index contributed by atoms with van der Waals surface area (Å²) in [6, 6.07) is 0. The van der Waals surface area contributed by atoms with Crippen LogP contribution in [0.1, 0.15) is 77.2 Å². The van der Waals surface area contributed by atoms with Gasteiger partial charge in [-0.15, -0.1) is 11.1 Å². The molecule has 0 heterocycles. The van der Waals surface area contributed by atoms with Gasteiger partial charge < -0.3 is 14.9 Å². The quantitative estimate of drug-likeness (QED) is 0.302. The minimum absolute atomic E-state index is 0. The fourth-order valence-corrected chi connectivity index (χ4v) is 9.41. The molecule has 0 aliphatic carbocycles. The van der Waals surface area contributed by atoms with Crippen LogP contribution in [0.5, 0.6) is 0 Å². The van der Waals surface area contributed by atoms with Crippen molar-refractivity contribution >= 4 is 45.0 Å². The molecule has 0 rings (SSSR count). The molecule has 0 aromatic carbocycles. The third kappa shape index (κ3) is 87.0. The van der Waals surface area contributed by atoms with E-state index in [1.165, 1.54) is 0 Å². The molecule has 0 fully saturated rings. The summed E-state index contributed by atoms with van der Waals surface area (Å²) >= 11 is 0.382. The third-order valence-electron chi connectivity index (χ3n) is 2.09. The van der Waals surface area contributed by atoms with Crippen molar-refractivity contribution in [3.05, 3.63) is 9.96 Å². The smallest absolute Gasteiger partial charge is 2.00 e. The Labute approximate surface area is 240 Å². The van der Waals surface area contributed by atoms with E-state index in [2.05, 4.69) is 136 Å². The van der Waals surface area contributed by atoms with E-state index in [9.17, 15) is 0 Å². The van der Waals surface area contributed by atoms with Crippen molar-refractivity contribution in [3.63, 3.8) is 0 Å². The summed E-state index contributed by atoms with van der Waals surface area (Å²) in [5.41, 5.74) is 0.638. The van der Waals surface area contributed by atoms with Crippen LogP contribution in [0.4, 0.5) is 0 Å². The maximum Gasteiger partial charge on any atom is 2.00 e. The Hall–Kier alpha value is 2.12. The van der Waals surface area contributed by atoms with E-state index < -0.39 is 24.7 Å². The van der Waals surface area contributed by atoms with E-state index >= 15 is 0 Å². The van der Waals surface area contributed by atoms with Gasteiger partial charge in [0.1, 0.15) is 8.24 Å². The molecule has 0 unspecified atom stereocenters. The second-order valence-electron chi connectivity index (χ2n) is 13.6. The average Bonchev–Trinajstić information content (AvgIpc) is 2.13. The van der Waals surface area contributed by atoms with Gasteiger partial charge in [0.05, 0.1) is 0 Å². The van der Waals surface area contributed by atoms with Crippen LogP contribution in [0.15, 0.2) is 0 Å². The van der Waals surface area contributed by atoms with Crippen molar-refractivity contribution in [2.45, 2.75) is 153 Å². The fourth-order valence-electron chi connectivity index (χ4n) is 3.14. The van der Waals surface area contributed by atoms with Gasteiger partial charge >= 0.3 is 50.0 Å². The maximum atomic E-state index is 4.73. The maximum absolute atomic E-state index is 4.73. The summed E-state index contributed by atoms with van der Waals surface area (Å²) in [5.74, 6) is 0. The van der Waals surface area contributed by atoms with Gasteiger partial charge in [-0.1, -0.05) is 132 Å². The molecule has 0 aliphatic rings. The number of hydrogen-bond acceptors (Lipinski definition) is 1. The average molecular weight is 655 g/mol. The van der Waals surface area contributed by atoms with E-state index in [-0.39, 0.29) is 42.7 Å². The zero-order chi connectivity index (χ0) is 25.8. The van der Waals surface area contributed by atoms with Crippen LogP contribution in [0.2, 0.25) is 58.9 Å². The number of nitrogens with zero attached hydrogens (tertiary/aromatic N) is 2. The Bertz CT molecular complexity index is 320. The molecule has 0 spiro atoms. The van der Waals surface area contributed by atoms with Gasteiger partial charge in [0.2, 0.25) is 0 Å². The molecular weight excluding hydrogens is 591 g/mol. The van der Waals surface area contributed by atoms with Crippen molar-refractivity contribution in [2.75, 3.05) is 0 Å². The molecule has 214 valence electrons. The largest absolute Gasteiger partial charge is 2.00 e. The Morgan fingerprint density at radius 2 is 0.758 bits per heavy atom. The predicted molar refractivity (Wildman–Crippen MR) is 164 cm³/mol. The number of nitrogens with one attached hydrogen (secondary N) is 1. The summed E-state index contributed by atoms with van der Waals surface area (Å²) in [5, 5.41) is 0. The Balaban J connectivity index is -0.0000000555. The molecule has 33 heavy (non-hydrogen) atoms. The Morgan fingerprint density at radius 1 is 0.576 bits per heavy atom. The summed E-state index contributed by atoms with van der Waals surface area (Å²) in [6.45, 7) is 40.1. The summed E-state index contributed by atoms with van der Waals surface area (Å²) in [7, 11) is 6.09. The van der Waals surface area contributed by atoms with Gasteiger partial charge in [0.25, 0.3) is 0 Å². The molecule has 0 aromatic heterocycles. The number of halogens is 2. The van der Waals surface area contributed by atoms with E-state index in [1.54, 1.807) is 0 Å². The molecule has 0 saturated carbocycles. The van der Waals surface area contributed by atoms with Crippen molar-refractivity contribution in [2.24, 2.45) is 0 Å². The van der Waals surface area contributed by atoms with Crippen LogP contribution >= 0.6 is 20.3 Å². The van der Waals surface area contributed by atoms with Gasteiger partial charge in [0, 0.05) is 5.54 Å². The van der Waals surface area contributed by atoms with Gasteiger partial charge in [0.15, 0.2) is 0 Å². The SMILES string of the molecule is C.C.CC(C)(C)N[Si](C)(C)C.CC(C)(C)[N-][Si](C)(C)C.CC(C)(C)[N-][Si](C)(C)C.[Cl][Co][Cl].[Co+2]. The third-order valence-corrected chi connectivity index (χ3v) is 6.27.